The van der Waals surface area contributed by atoms with Gasteiger partial charge in [0.2, 0.25) is 0 Å². The van der Waals surface area contributed by atoms with Gasteiger partial charge in [0.15, 0.2) is 0 Å². The standard InChI is InChI=1S/C18H27N3/c1-14(15-9-5-3-4-6-10-15)19-13-18-20-16-11-7-8-12-17(16)21(18)2/h7-8,11-12,14-15,19H,3-6,9-10,13H2,1-2H3/t14-/m0/s1. The molecule has 1 aromatic heterocycles. The van der Waals surface area contributed by atoms with Gasteiger partial charge in [0.1, 0.15) is 5.82 Å². The first kappa shape index (κ1) is 14.6. The van der Waals surface area contributed by atoms with E-state index in [1.807, 2.05) is 0 Å². The predicted molar refractivity (Wildman–Crippen MR) is 88.2 cm³/mol. The summed E-state index contributed by atoms with van der Waals surface area (Å²) in [5.41, 5.74) is 2.32. The number of imidazole rings is 1. The topological polar surface area (TPSA) is 29.9 Å². The van der Waals surface area contributed by atoms with Crippen molar-refractivity contribution in [3.05, 3.63) is 30.1 Å². The van der Waals surface area contributed by atoms with E-state index < -0.39 is 0 Å². The highest BCUT2D eigenvalue weighted by Gasteiger charge is 2.19. The van der Waals surface area contributed by atoms with Gasteiger partial charge in [0.05, 0.1) is 17.6 Å². The molecule has 1 aliphatic rings. The number of nitrogens with one attached hydrogen (secondary N) is 1. The molecular weight excluding hydrogens is 258 g/mol. The molecule has 21 heavy (non-hydrogen) atoms. The van der Waals surface area contributed by atoms with Crippen molar-refractivity contribution < 1.29 is 0 Å². The minimum atomic E-state index is 0.586. The summed E-state index contributed by atoms with van der Waals surface area (Å²) in [5, 5.41) is 3.71. The summed E-state index contributed by atoms with van der Waals surface area (Å²) in [4.78, 5) is 4.75. The van der Waals surface area contributed by atoms with Crippen molar-refractivity contribution in [3.8, 4) is 0 Å². The molecule has 1 aliphatic carbocycles. The molecule has 1 N–H and O–H groups in total. The molecular formula is C18H27N3. The van der Waals surface area contributed by atoms with E-state index in [0.29, 0.717) is 6.04 Å². The Morgan fingerprint density at radius 2 is 1.90 bits per heavy atom. The maximum Gasteiger partial charge on any atom is 0.123 e. The number of nitrogens with zero attached hydrogens (tertiary/aromatic N) is 2. The second-order valence-corrected chi connectivity index (χ2v) is 6.50. The Balaban J connectivity index is 1.64. The fourth-order valence-corrected chi connectivity index (χ4v) is 3.58. The van der Waals surface area contributed by atoms with Gasteiger partial charge in [-0.05, 0) is 37.8 Å². The first-order valence-corrected chi connectivity index (χ1v) is 8.39. The zero-order valence-corrected chi connectivity index (χ0v) is 13.3. The number of aromatic nitrogens is 2. The second-order valence-electron chi connectivity index (χ2n) is 6.50. The SMILES string of the molecule is C[C@H](NCc1nc2ccccc2n1C)C1CCCCCC1. The fourth-order valence-electron chi connectivity index (χ4n) is 3.58. The van der Waals surface area contributed by atoms with Crippen LogP contribution in [0.3, 0.4) is 0 Å². The van der Waals surface area contributed by atoms with E-state index in [1.54, 1.807) is 0 Å². The molecule has 1 heterocycles. The summed E-state index contributed by atoms with van der Waals surface area (Å²) in [6.07, 6.45) is 8.43. The number of fused-ring (bicyclic) bond motifs is 1. The third kappa shape index (κ3) is 3.29. The lowest BCUT2D eigenvalue weighted by molar-refractivity contribution is 0.333. The summed E-state index contributed by atoms with van der Waals surface area (Å²) in [7, 11) is 2.11. The quantitative estimate of drug-likeness (QED) is 0.860. The maximum atomic E-state index is 4.75. The largest absolute Gasteiger partial charge is 0.330 e. The minimum Gasteiger partial charge on any atom is -0.330 e. The van der Waals surface area contributed by atoms with Crippen LogP contribution in [0.15, 0.2) is 24.3 Å². The van der Waals surface area contributed by atoms with E-state index in [2.05, 4.69) is 48.1 Å². The molecule has 0 spiro atoms. The van der Waals surface area contributed by atoms with Crippen LogP contribution in [0.5, 0.6) is 0 Å². The lowest BCUT2D eigenvalue weighted by atomic mass is 9.93. The Bertz CT molecular complexity index is 579. The van der Waals surface area contributed by atoms with E-state index in [4.69, 9.17) is 4.98 Å². The van der Waals surface area contributed by atoms with Gasteiger partial charge >= 0.3 is 0 Å². The Kier molecular flexibility index (Phi) is 4.59. The number of aryl methyl sites for hydroxylation is 1. The van der Waals surface area contributed by atoms with Gasteiger partial charge < -0.3 is 9.88 Å². The fraction of sp³-hybridized carbons (Fsp3) is 0.611. The van der Waals surface area contributed by atoms with Gasteiger partial charge in [-0.25, -0.2) is 4.98 Å². The van der Waals surface area contributed by atoms with Gasteiger partial charge in [-0.15, -0.1) is 0 Å². The van der Waals surface area contributed by atoms with Crippen LogP contribution in [0.2, 0.25) is 0 Å². The minimum absolute atomic E-state index is 0.586. The summed E-state index contributed by atoms with van der Waals surface area (Å²) in [6.45, 7) is 3.21. The summed E-state index contributed by atoms with van der Waals surface area (Å²) >= 11 is 0. The second kappa shape index (κ2) is 6.61. The smallest absolute Gasteiger partial charge is 0.123 e. The molecule has 0 saturated heterocycles. The van der Waals surface area contributed by atoms with Crippen molar-refractivity contribution in [2.24, 2.45) is 13.0 Å². The molecule has 3 rings (SSSR count). The molecule has 0 aliphatic heterocycles. The Morgan fingerprint density at radius 3 is 2.62 bits per heavy atom. The van der Waals surface area contributed by atoms with Crippen molar-refractivity contribution in [3.63, 3.8) is 0 Å². The molecule has 1 aromatic carbocycles. The molecule has 0 bridgehead atoms. The van der Waals surface area contributed by atoms with Crippen molar-refractivity contribution >= 4 is 11.0 Å². The van der Waals surface area contributed by atoms with Crippen LogP contribution in [-0.2, 0) is 13.6 Å². The molecule has 0 radical (unpaired) electrons. The number of rotatable bonds is 4. The lowest BCUT2D eigenvalue weighted by Gasteiger charge is -2.23. The normalized spacial score (nSPS) is 18.8. The van der Waals surface area contributed by atoms with Gasteiger partial charge in [0, 0.05) is 13.1 Å². The Hall–Kier alpha value is -1.35. The molecule has 0 amide bonds. The number of para-hydroxylation sites is 2. The van der Waals surface area contributed by atoms with Gasteiger partial charge in [-0.3, -0.25) is 0 Å². The van der Waals surface area contributed by atoms with Crippen LogP contribution in [-0.4, -0.2) is 15.6 Å². The van der Waals surface area contributed by atoms with Crippen LogP contribution in [0.4, 0.5) is 0 Å². The molecule has 1 saturated carbocycles. The Morgan fingerprint density at radius 1 is 1.19 bits per heavy atom. The van der Waals surface area contributed by atoms with Crippen molar-refractivity contribution in [1.29, 1.82) is 0 Å². The molecule has 1 atom stereocenters. The molecule has 1 fully saturated rings. The van der Waals surface area contributed by atoms with Crippen molar-refractivity contribution in [1.82, 2.24) is 14.9 Å². The van der Waals surface area contributed by atoms with E-state index >= 15 is 0 Å². The highest BCUT2D eigenvalue weighted by atomic mass is 15.1. The predicted octanol–water partition coefficient (Wildman–Crippen LogP) is 4.02. The van der Waals surface area contributed by atoms with Gasteiger partial charge in [-0.1, -0.05) is 37.8 Å². The molecule has 114 valence electrons. The zero-order valence-electron chi connectivity index (χ0n) is 13.3. The summed E-state index contributed by atoms with van der Waals surface area (Å²) in [5.74, 6) is 1.97. The van der Waals surface area contributed by atoms with Crippen molar-refractivity contribution in [2.45, 2.75) is 58.0 Å². The molecule has 0 unspecified atom stereocenters. The molecule has 2 aromatic rings. The highest BCUT2D eigenvalue weighted by Crippen LogP contribution is 2.25. The van der Waals surface area contributed by atoms with Crippen LogP contribution in [0.25, 0.3) is 11.0 Å². The highest BCUT2D eigenvalue weighted by molar-refractivity contribution is 5.75. The average molecular weight is 285 g/mol. The zero-order chi connectivity index (χ0) is 14.7. The third-order valence-corrected chi connectivity index (χ3v) is 5.07. The van der Waals surface area contributed by atoms with Crippen LogP contribution < -0.4 is 5.32 Å². The third-order valence-electron chi connectivity index (χ3n) is 5.07. The van der Waals surface area contributed by atoms with E-state index in [1.165, 1.54) is 44.0 Å². The summed E-state index contributed by atoms with van der Waals surface area (Å²) < 4.78 is 2.21. The number of benzene rings is 1. The van der Waals surface area contributed by atoms with Crippen LogP contribution in [0.1, 0.15) is 51.3 Å². The van der Waals surface area contributed by atoms with Gasteiger partial charge in [0.25, 0.3) is 0 Å². The van der Waals surface area contributed by atoms with E-state index in [0.717, 1.165) is 23.8 Å². The van der Waals surface area contributed by atoms with Gasteiger partial charge in [-0.2, -0.15) is 0 Å². The maximum absolute atomic E-state index is 4.75. The Labute approximate surface area is 127 Å². The number of hydrogen-bond donors (Lipinski definition) is 1. The lowest BCUT2D eigenvalue weighted by Crippen LogP contribution is -2.33. The first-order valence-electron chi connectivity index (χ1n) is 8.39. The van der Waals surface area contributed by atoms with Crippen LogP contribution >= 0.6 is 0 Å². The monoisotopic (exact) mass is 285 g/mol. The van der Waals surface area contributed by atoms with Crippen molar-refractivity contribution in [2.75, 3.05) is 0 Å². The molecule has 3 nitrogen and oxygen atoms in total. The average Bonchev–Trinajstić information content (AvgIpc) is 2.71. The van der Waals surface area contributed by atoms with Crippen LogP contribution in [0, 0.1) is 5.92 Å². The molecule has 3 heteroatoms. The first-order chi connectivity index (χ1) is 10.3. The summed E-state index contributed by atoms with van der Waals surface area (Å²) in [6, 6.07) is 8.95. The van der Waals surface area contributed by atoms with E-state index in [9.17, 15) is 0 Å². The van der Waals surface area contributed by atoms with E-state index in [-0.39, 0.29) is 0 Å². The number of hydrogen-bond acceptors (Lipinski definition) is 2.